The van der Waals surface area contributed by atoms with Crippen LogP contribution >= 0.6 is 11.8 Å². The maximum Gasteiger partial charge on any atom is 0.243 e. The maximum absolute atomic E-state index is 13.4. The van der Waals surface area contributed by atoms with E-state index in [9.17, 15) is 13.2 Å². The number of para-hydroxylation sites is 1. The van der Waals surface area contributed by atoms with Crippen molar-refractivity contribution in [1.29, 1.82) is 0 Å². The highest BCUT2D eigenvalue weighted by Gasteiger charge is 2.25. The van der Waals surface area contributed by atoms with Crippen LogP contribution in [0.3, 0.4) is 0 Å². The standard InChI is InChI=1S/C31H35N5O3S2/c1-3-34(4-2)41(38,39)27-17-10-15-26(22-27)30-32-33-31(36(30)21-19-24-12-6-5-7-13-24)40-23-29(37)35-20-11-16-25-14-8-9-18-28(25)35/h5-10,12-15,17-18,22H,3-4,11,16,19-21,23H2,1-2H3. The number of carbonyl (C=O) groups excluding carboxylic acids is 1. The number of aryl methyl sites for hydroxylation is 2. The van der Waals surface area contributed by atoms with Gasteiger partial charge in [-0.15, -0.1) is 10.2 Å². The third-order valence-corrected chi connectivity index (χ3v) is 10.4. The fourth-order valence-electron chi connectivity index (χ4n) is 5.20. The Labute approximate surface area is 246 Å². The van der Waals surface area contributed by atoms with Gasteiger partial charge in [0.25, 0.3) is 0 Å². The third-order valence-electron chi connectivity index (χ3n) is 7.36. The van der Waals surface area contributed by atoms with Crippen molar-refractivity contribution in [3.05, 3.63) is 90.0 Å². The monoisotopic (exact) mass is 589 g/mol. The highest BCUT2D eigenvalue weighted by Crippen LogP contribution is 2.30. The fraction of sp³-hybridized carbons (Fsp3) is 0.323. The molecular weight excluding hydrogens is 555 g/mol. The van der Waals surface area contributed by atoms with Gasteiger partial charge in [-0.1, -0.05) is 86.3 Å². The number of thioether (sulfide) groups is 1. The van der Waals surface area contributed by atoms with Gasteiger partial charge in [-0.2, -0.15) is 4.31 Å². The lowest BCUT2D eigenvalue weighted by molar-refractivity contribution is -0.116. The van der Waals surface area contributed by atoms with Crippen molar-refractivity contribution in [3.8, 4) is 11.4 Å². The van der Waals surface area contributed by atoms with Gasteiger partial charge in [0.2, 0.25) is 15.9 Å². The molecule has 1 aromatic heterocycles. The first-order chi connectivity index (χ1) is 19.9. The van der Waals surface area contributed by atoms with Gasteiger partial charge < -0.3 is 9.47 Å². The highest BCUT2D eigenvalue weighted by atomic mass is 32.2. The number of amides is 1. The van der Waals surface area contributed by atoms with Gasteiger partial charge in [-0.3, -0.25) is 4.79 Å². The molecule has 41 heavy (non-hydrogen) atoms. The van der Waals surface area contributed by atoms with Gasteiger partial charge >= 0.3 is 0 Å². The number of rotatable bonds is 11. The number of benzene rings is 3. The van der Waals surface area contributed by atoms with Gasteiger partial charge in [0.05, 0.1) is 10.6 Å². The Hall–Kier alpha value is -3.47. The molecule has 0 aliphatic carbocycles. The second-order valence-corrected chi connectivity index (χ2v) is 12.8. The van der Waals surface area contributed by atoms with Crippen molar-refractivity contribution in [3.63, 3.8) is 0 Å². The summed E-state index contributed by atoms with van der Waals surface area (Å²) in [5.74, 6) is 0.846. The Morgan fingerprint density at radius 1 is 0.951 bits per heavy atom. The normalized spacial score (nSPS) is 13.4. The summed E-state index contributed by atoms with van der Waals surface area (Å²) in [5, 5.41) is 9.59. The van der Waals surface area contributed by atoms with E-state index in [1.807, 2.05) is 65.8 Å². The Balaban J connectivity index is 1.43. The minimum absolute atomic E-state index is 0.0358. The minimum Gasteiger partial charge on any atom is -0.311 e. The molecule has 5 rings (SSSR count). The Morgan fingerprint density at radius 3 is 2.49 bits per heavy atom. The van der Waals surface area contributed by atoms with E-state index in [2.05, 4.69) is 28.4 Å². The summed E-state index contributed by atoms with van der Waals surface area (Å²) in [6.45, 7) is 5.74. The highest BCUT2D eigenvalue weighted by molar-refractivity contribution is 7.99. The maximum atomic E-state index is 13.4. The molecule has 1 amide bonds. The van der Waals surface area contributed by atoms with Crippen molar-refractivity contribution in [1.82, 2.24) is 19.1 Å². The molecule has 214 valence electrons. The van der Waals surface area contributed by atoms with Gasteiger partial charge in [-0.05, 0) is 48.6 Å². The second-order valence-electron chi connectivity index (χ2n) is 9.88. The first-order valence-corrected chi connectivity index (χ1v) is 16.4. The molecule has 1 aliphatic rings. The van der Waals surface area contributed by atoms with Crippen LogP contribution in [0.4, 0.5) is 5.69 Å². The average molecular weight is 590 g/mol. The number of sulfonamides is 1. The van der Waals surface area contributed by atoms with E-state index in [4.69, 9.17) is 0 Å². The second kappa shape index (κ2) is 13.0. The molecule has 1 aliphatic heterocycles. The summed E-state index contributed by atoms with van der Waals surface area (Å²) >= 11 is 1.37. The molecule has 2 heterocycles. The van der Waals surface area contributed by atoms with Crippen molar-refractivity contribution in [2.24, 2.45) is 0 Å². The SMILES string of the molecule is CCN(CC)S(=O)(=O)c1cccc(-c2nnc(SCC(=O)N3CCCc4ccccc43)n2CCc2ccccc2)c1. The van der Waals surface area contributed by atoms with Crippen LogP contribution < -0.4 is 4.90 Å². The summed E-state index contributed by atoms with van der Waals surface area (Å²) < 4.78 is 29.9. The van der Waals surface area contributed by atoms with E-state index in [-0.39, 0.29) is 16.6 Å². The lowest BCUT2D eigenvalue weighted by Gasteiger charge is -2.29. The van der Waals surface area contributed by atoms with E-state index in [1.54, 1.807) is 18.2 Å². The van der Waals surface area contributed by atoms with Crippen molar-refractivity contribution >= 4 is 33.4 Å². The molecule has 0 unspecified atom stereocenters. The van der Waals surface area contributed by atoms with Crippen LogP contribution in [-0.4, -0.2) is 58.8 Å². The quantitative estimate of drug-likeness (QED) is 0.221. The number of aromatic nitrogens is 3. The summed E-state index contributed by atoms with van der Waals surface area (Å²) in [7, 11) is -3.63. The van der Waals surface area contributed by atoms with E-state index < -0.39 is 10.0 Å². The predicted octanol–water partition coefficient (Wildman–Crippen LogP) is 5.29. The lowest BCUT2D eigenvalue weighted by atomic mass is 10.0. The number of anilines is 1. The van der Waals surface area contributed by atoms with E-state index in [0.717, 1.165) is 24.9 Å². The Bertz CT molecular complexity index is 1600. The first-order valence-electron chi connectivity index (χ1n) is 14.0. The van der Waals surface area contributed by atoms with E-state index in [1.165, 1.54) is 27.2 Å². The Morgan fingerprint density at radius 2 is 1.71 bits per heavy atom. The van der Waals surface area contributed by atoms with Crippen molar-refractivity contribution in [2.75, 3.05) is 30.3 Å². The van der Waals surface area contributed by atoms with E-state index >= 15 is 0 Å². The first kappa shape index (κ1) is 29.0. The van der Waals surface area contributed by atoms with E-state index in [0.29, 0.717) is 42.7 Å². The van der Waals surface area contributed by atoms with Crippen molar-refractivity contribution < 1.29 is 13.2 Å². The molecule has 0 spiro atoms. The number of carbonyl (C=O) groups is 1. The summed E-state index contributed by atoms with van der Waals surface area (Å²) in [5.41, 5.74) is 4.02. The summed E-state index contributed by atoms with van der Waals surface area (Å²) in [6, 6.07) is 25.1. The molecule has 3 aromatic carbocycles. The number of fused-ring (bicyclic) bond motifs is 1. The zero-order valence-electron chi connectivity index (χ0n) is 23.4. The van der Waals surface area contributed by atoms with Gasteiger partial charge in [0.15, 0.2) is 11.0 Å². The summed E-state index contributed by atoms with van der Waals surface area (Å²) in [4.78, 5) is 15.5. The largest absolute Gasteiger partial charge is 0.311 e. The smallest absolute Gasteiger partial charge is 0.243 e. The molecule has 8 nitrogen and oxygen atoms in total. The van der Waals surface area contributed by atoms with Gasteiger partial charge in [-0.25, -0.2) is 8.42 Å². The molecule has 4 aromatic rings. The van der Waals surface area contributed by atoms with Crippen LogP contribution in [0.15, 0.2) is 88.9 Å². The molecule has 0 radical (unpaired) electrons. The topological polar surface area (TPSA) is 88.4 Å². The molecule has 0 N–H and O–H groups in total. The minimum atomic E-state index is -3.63. The molecule has 0 atom stereocenters. The molecular formula is C31H35N5O3S2. The van der Waals surface area contributed by atoms with Crippen LogP contribution in [0.5, 0.6) is 0 Å². The number of hydrogen-bond donors (Lipinski definition) is 0. The van der Waals surface area contributed by atoms with Crippen molar-refractivity contribution in [2.45, 2.75) is 49.7 Å². The van der Waals surface area contributed by atoms with Crippen LogP contribution in [0.1, 0.15) is 31.4 Å². The van der Waals surface area contributed by atoms with Crippen LogP contribution in [0.25, 0.3) is 11.4 Å². The molecule has 0 saturated carbocycles. The zero-order valence-corrected chi connectivity index (χ0v) is 25.1. The third kappa shape index (κ3) is 6.39. The molecule has 10 heteroatoms. The van der Waals surface area contributed by atoms with Gasteiger partial charge in [0, 0.05) is 37.4 Å². The van der Waals surface area contributed by atoms with Crippen LogP contribution in [-0.2, 0) is 34.2 Å². The summed E-state index contributed by atoms with van der Waals surface area (Å²) in [6.07, 6.45) is 2.66. The Kier molecular flexibility index (Phi) is 9.22. The number of hydrogen-bond acceptors (Lipinski definition) is 6. The lowest BCUT2D eigenvalue weighted by Crippen LogP contribution is -2.36. The predicted molar refractivity (Wildman–Crippen MR) is 164 cm³/mol. The van der Waals surface area contributed by atoms with Crippen LogP contribution in [0.2, 0.25) is 0 Å². The van der Waals surface area contributed by atoms with Gasteiger partial charge in [0.1, 0.15) is 0 Å². The molecule has 0 fully saturated rings. The molecule has 0 saturated heterocycles. The van der Waals surface area contributed by atoms with Crippen LogP contribution in [0, 0.1) is 0 Å². The average Bonchev–Trinajstić information content (AvgIpc) is 3.42. The number of nitrogens with zero attached hydrogens (tertiary/aromatic N) is 5. The zero-order chi connectivity index (χ0) is 28.8. The molecule has 0 bridgehead atoms. The fourth-order valence-corrected chi connectivity index (χ4v) is 7.55.